The minimum absolute atomic E-state index is 0.115. The number of hydrogen-bond donors (Lipinski definition) is 1. The Bertz CT molecular complexity index is 507. The fraction of sp³-hybridized carbons (Fsp3) is 0.611. The summed E-state index contributed by atoms with van der Waals surface area (Å²) >= 11 is 0. The van der Waals surface area contributed by atoms with Crippen LogP contribution in [-0.2, 0) is 10.2 Å². The normalized spacial score (nSPS) is 19.3. The molecule has 1 saturated heterocycles. The van der Waals surface area contributed by atoms with Crippen molar-refractivity contribution in [2.45, 2.75) is 51.5 Å². The third kappa shape index (κ3) is 4.47. The summed E-state index contributed by atoms with van der Waals surface area (Å²) < 4.78 is 5.82. The number of benzene rings is 1. The van der Waals surface area contributed by atoms with Crippen LogP contribution in [0.3, 0.4) is 0 Å². The molecule has 0 aliphatic carbocycles. The van der Waals surface area contributed by atoms with Gasteiger partial charge in [0.2, 0.25) is 0 Å². The van der Waals surface area contributed by atoms with Gasteiger partial charge < -0.3 is 9.84 Å². The van der Waals surface area contributed by atoms with E-state index in [0.717, 1.165) is 38.1 Å². The van der Waals surface area contributed by atoms with Crippen LogP contribution in [0.15, 0.2) is 24.3 Å². The van der Waals surface area contributed by atoms with Gasteiger partial charge in [0.05, 0.1) is 6.61 Å². The van der Waals surface area contributed by atoms with E-state index in [9.17, 15) is 4.79 Å². The predicted molar refractivity (Wildman–Crippen MR) is 87.5 cm³/mol. The Balaban J connectivity index is 1.78. The molecular weight excluding hydrogens is 278 g/mol. The summed E-state index contributed by atoms with van der Waals surface area (Å²) in [5.41, 5.74) is 1.37. The summed E-state index contributed by atoms with van der Waals surface area (Å²) in [6.07, 6.45) is 2.60. The average Bonchev–Trinajstić information content (AvgIpc) is 2.91. The molecule has 1 aromatic rings. The van der Waals surface area contributed by atoms with Crippen LogP contribution in [-0.4, -0.2) is 41.7 Å². The van der Waals surface area contributed by atoms with Gasteiger partial charge in [-0.2, -0.15) is 0 Å². The summed E-state index contributed by atoms with van der Waals surface area (Å²) in [5.74, 6) is 0.194. The van der Waals surface area contributed by atoms with Crippen molar-refractivity contribution in [1.29, 1.82) is 0 Å². The zero-order chi connectivity index (χ0) is 16.2. The molecule has 0 bridgehead atoms. The summed E-state index contributed by atoms with van der Waals surface area (Å²) in [6, 6.07) is 7.91. The number of aliphatic carboxylic acids is 1. The number of likely N-dealkylation sites (tertiary alicyclic amines) is 1. The molecule has 0 aromatic heterocycles. The molecule has 0 radical (unpaired) electrons. The molecule has 1 heterocycles. The van der Waals surface area contributed by atoms with Crippen LogP contribution in [0.25, 0.3) is 0 Å². The molecule has 1 atom stereocenters. The quantitative estimate of drug-likeness (QED) is 0.819. The molecule has 1 N–H and O–H groups in total. The van der Waals surface area contributed by atoms with Gasteiger partial charge in [-0.3, -0.25) is 9.69 Å². The topological polar surface area (TPSA) is 49.8 Å². The Hall–Kier alpha value is -1.55. The van der Waals surface area contributed by atoms with Crippen molar-refractivity contribution in [3.63, 3.8) is 0 Å². The molecule has 122 valence electrons. The van der Waals surface area contributed by atoms with E-state index in [1.165, 1.54) is 5.56 Å². The molecule has 0 spiro atoms. The van der Waals surface area contributed by atoms with E-state index in [1.54, 1.807) is 0 Å². The molecule has 1 aliphatic heterocycles. The van der Waals surface area contributed by atoms with Crippen molar-refractivity contribution in [3.8, 4) is 5.75 Å². The van der Waals surface area contributed by atoms with Crippen LogP contribution in [0.5, 0.6) is 5.75 Å². The summed E-state index contributed by atoms with van der Waals surface area (Å²) in [6.45, 7) is 8.85. The average molecular weight is 305 g/mol. The number of carboxylic acid groups (broad SMARTS) is 1. The monoisotopic (exact) mass is 305 g/mol. The van der Waals surface area contributed by atoms with Crippen LogP contribution in [0, 0.1) is 0 Å². The zero-order valence-corrected chi connectivity index (χ0v) is 13.8. The highest BCUT2D eigenvalue weighted by Gasteiger charge is 2.29. The second kappa shape index (κ2) is 7.14. The van der Waals surface area contributed by atoms with Gasteiger partial charge in [0.1, 0.15) is 11.8 Å². The first-order valence-corrected chi connectivity index (χ1v) is 8.08. The molecule has 1 aliphatic rings. The Morgan fingerprint density at radius 2 is 2.18 bits per heavy atom. The van der Waals surface area contributed by atoms with Gasteiger partial charge in [0, 0.05) is 6.54 Å². The molecule has 1 fully saturated rings. The van der Waals surface area contributed by atoms with Crippen molar-refractivity contribution in [1.82, 2.24) is 4.90 Å². The van der Waals surface area contributed by atoms with E-state index in [4.69, 9.17) is 9.84 Å². The number of nitrogens with zero attached hydrogens (tertiary/aromatic N) is 1. The third-order valence-corrected chi connectivity index (χ3v) is 4.21. The maximum absolute atomic E-state index is 11.1. The van der Waals surface area contributed by atoms with E-state index in [1.807, 2.05) is 12.1 Å². The van der Waals surface area contributed by atoms with Gasteiger partial charge in [-0.05, 0) is 48.9 Å². The second-order valence-electron chi connectivity index (χ2n) is 7.01. The minimum Gasteiger partial charge on any atom is -0.494 e. The number of hydrogen-bond acceptors (Lipinski definition) is 3. The van der Waals surface area contributed by atoms with E-state index < -0.39 is 5.97 Å². The highest BCUT2D eigenvalue weighted by atomic mass is 16.5. The Kier molecular flexibility index (Phi) is 5.46. The van der Waals surface area contributed by atoms with Crippen LogP contribution in [0.4, 0.5) is 0 Å². The minimum atomic E-state index is -0.698. The lowest BCUT2D eigenvalue weighted by atomic mass is 9.87. The Morgan fingerprint density at radius 1 is 1.41 bits per heavy atom. The predicted octanol–water partition coefficient (Wildman–Crippen LogP) is 3.30. The molecule has 2 rings (SSSR count). The van der Waals surface area contributed by atoms with Crippen molar-refractivity contribution >= 4 is 5.97 Å². The van der Waals surface area contributed by atoms with Crippen molar-refractivity contribution in [2.75, 3.05) is 19.7 Å². The maximum atomic E-state index is 11.1. The molecule has 4 heteroatoms. The fourth-order valence-corrected chi connectivity index (χ4v) is 2.88. The van der Waals surface area contributed by atoms with Gasteiger partial charge in [-0.1, -0.05) is 32.9 Å². The van der Waals surface area contributed by atoms with Gasteiger partial charge >= 0.3 is 5.97 Å². The summed E-state index contributed by atoms with van der Waals surface area (Å²) in [5, 5.41) is 9.15. The number of rotatable bonds is 6. The molecule has 0 saturated carbocycles. The summed E-state index contributed by atoms with van der Waals surface area (Å²) in [7, 11) is 0. The Labute approximate surface area is 133 Å². The first-order chi connectivity index (χ1) is 10.4. The SMILES string of the molecule is CC(C)(C)c1cccc(OCCCN2CCC[C@@H]2C(=O)O)c1. The Morgan fingerprint density at radius 3 is 2.86 bits per heavy atom. The lowest BCUT2D eigenvalue weighted by Crippen LogP contribution is -2.36. The highest BCUT2D eigenvalue weighted by molar-refractivity contribution is 5.73. The number of carbonyl (C=O) groups is 1. The van der Waals surface area contributed by atoms with E-state index in [2.05, 4.69) is 37.8 Å². The lowest BCUT2D eigenvalue weighted by molar-refractivity contribution is -0.142. The maximum Gasteiger partial charge on any atom is 0.320 e. The van der Waals surface area contributed by atoms with Crippen LogP contribution in [0.2, 0.25) is 0 Å². The molecular formula is C18H27NO3. The number of ether oxygens (including phenoxy) is 1. The van der Waals surface area contributed by atoms with Crippen LogP contribution in [0.1, 0.15) is 45.6 Å². The molecule has 0 amide bonds. The van der Waals surface area contributed by atoms with Crippen molar-refractivity contribution in [3.05, 3.63) is 29.8 Å². The first kappa shape index (κ1) is 16.8. The van der Waals surface area contributed by atoms with Crippen LogP contribution >= 0.6 is 0 Å². The molecule has 0 unspecified atom stereocenters. The third-order valence-electron chi connectivity index (χ3n) is 4.21. The first-order valence-electron chi connectivity index (χ1n) is 8.08. The second-order valence-corrected chi connectivity index (χ2v) is 7.01. The largest absolute Gasteiger partial charge is 0.494 e. The smallest absolute Gasteiger partial charge is 0.320 e. The van der Waals surface area contributed by atoms with Crippen molar-refractivity contribution in [2.24, 2.45) is 0 Å². The van der Waals surface area contributed by atoms with Gasteiger partial charge in [0.25, 0.3) is 0 Å². The molecule has 22 heavy (non-hydrogen) atoms. The fourth-order valence-electron chi connectivity index (χ4n) is 2.88. The molecule has 4 nitrogen and oxygen atoms in total. The van der Waals surface area contributed by atoms with E-state index >= 15 is 0 Å². The zero-order valence-electron chi connectivity index (χ0n) is 13.8. The molecule has 1 aromatic carbocycles. The lowest BCUT2D eigenvalue weighted by Gasteiger charge is -2.21. The standard InChI is InChI=1S/C18H27NO3/c1-18(2,3)14-7-4-8-15(13-14)22-12-6-11-19-10-5-9-16(19)17(20)21/h4,7-8,13,16H,5-6,9-12H2,1-3H3,(H,20,21)/t16-/m1/s1. The van der Waals surface area contributed by atoms with Crippen molar-refractivity contribution < 1.29 is 14.6 Å². The van der Waals surface area contributed by atoms with E-state index in [-0.39, 0.29) is 11.5 Å². The number of carboxylic acids is 1. The van der Waals surface area contributed by atoms with Gasteiger partial charge in [0.15, 0.2) is 0 Å². The van der Waals surface area contributed by atoms with Crippen LogP contribution < -0.4 is 4.74 Å². The van der Waals surface area contributed by atoms with Gasteiger partial charge in [-0.25, -0.2) is 0 Å². The highest BCUT2D eigenvalue weighted by Crippen LogP contribution is 2.25. The summed E-state index contributed by atoms with van der Waals surface area (Å²) in [4.78, 5) is 13.2. The van der Waals surface area contributed by atoms with Gasteiger partial charge in [-0.15, -0.1) is 0 Å². The van der Waals surface area contributed by atoms with E-state index in [0.29, 0.717) is 6.61 Å².